The third-order valence-corrected chi connectivity index (χ3v) is 3.87. The zero-order valence-corrected chi connectivity index (χ0v) is 15.6. The zero-order chi connectivity index (χ0) is 19.9. The third-order valence-electron chi connectivity index (χ3n) is 3.87. The van der Waals surface area contributed by atoms with Crippen LogP contribution < -0.4 is 0 Å². The molecule has 0 aliphatic carbocycles. The summed E-state index contributed by atoms with van der Waals surface area (Å²) < 4.78 is 43.6. The predicted molar refractivity (Wildman–Crippen MR) is 88.1 cm³/mol. The quantitative estimate of drug-likeness (QED) is 0.744. The van der Waals surface area contributed by atoms with E-state index in [0.717, 1.165) is 18.1 Å². The Hall–Kier alpha value is -2.22. The Morgan fingerprint density at radius 3 is 2.35 bits per heavy atom. The zero-order valence-electron chi connectivity index (χ0n) is 15.6. The van der Waals surface area contributed by atoms with Crippen molar-refractivity contribution in [2.24, 2.45) is 0 Å². The molecule has 2 atom stereocenters. The van der Waals surface area contributed by atoms with Crippen molar-refractivity contribution in [3.63, 3.8) is 0 Å². The SMILES string of the molecule is COC(=O)[C@@H]1OC(C)(C)N(C(=O)OC(C)(C)C)[C@H]1c1ccc(F)cc1F. The highest BCUT2D eigenvalue weighted by Crippen LogP contribution is 2.43. The van der Waals surface area contributed by atoms with Crippen molar-refractivity contribution in [2.45, 2.75) is 58.1 Å². The van der Waals surface area contributed by atoms with Gasteiger partial charge in [0.1, 0.15) is 29.0 Å². The molecule has 1 aromatic rings. The average Bonchev–Trinajstić information content (AvgIpc) is 2.76. The van der Waals surface area contributed by atoms with Gasteiger partial charge in [-0.2, -0.15) is 0 Å². The average molecular weight is 371 g/mol. The number of ether oxygens (including phenoxy) is 3. The van der Waals surface area contributed by atoms with E-state index >= 15 is 0 Å². The molecule has 1 aliphatic rings. The van der Waals surface area contributed by atoms with Crippen LogP contribution in [0.2, 0.25) is 0 Å². The molecule has 8 heteroatoms. The summed E-state index contributed by atoms with van der Waals surface area (Å²) in [5.74, 6) is -2.46. The summed E-state index contributed by atoms with van der Waals surface area (Å²) in [6.45, 7) is 8.14. The summed E-state index contributed by atoms with van der Waals surface area (Å²) in [6, 6.07) is 1.73. The van der Waals surface area contributed by atoms with Crippen molar-refractivity contribution >= 4 is 12.1 Å². The number of nitrogens with zero attached hydrogens (tertiary/aromatic N) is 1. The van der Waals surface area contributed by atoms with Crippen LogP contribution in [0.3, 0.4) is 0 Å². The number of methoxy groups -OCH3 is 1. The van der Waals surface area contributed by atoms with Gasteiger partial charge in [0.2, 0.25) is 0 Å². The van der Waals surface area contributed by atoms with E-state index in [1.54, 1.807) is 34.6 Å². The number of esters is 1. The Bertz CT molecular complexity index is 714. The number of carbonyl (C=O) groups excluding carboxylic acids is 2. The van der Waals surface area contributed by atoms with Crippen LogP contribution in [0.15, 0.2) is 18.2 Å². The minimum Gasteiger partial charge on any atom is -0.467 e. The molecule has 0 unspecified atom stereocenters. The molecule has 0 N–H and O–H groups in total. The second-order valence-electron chi connectivity index (χ2n) is 7.47. The van der Waals surface area contributed by atoms with E-state index in [9.17, 15) is 18.4 Å². The normalized spacial score (nSPS) is 22.2. The van der Waals surface area contributed by atoms with E-state index in [4.69, 9.17) is 14.2 Å². The first-order valence-corrected chi connectivity index (χ1v) is 8.10. The van der Waals surface area contributed by atoms with Gasteiger partial charge in [0.15, 0.2) is 6.10 Å². The number of halogens is 2. The lowest BCUT2D eigenvalue weighted by molar-refractivity contribution is -0.158. The fourth-order valence-corrected chi connectivity index (χ4v) is 2.88. The van der Waals surface area contributed by atoms with Crippen molar-refractivity contribution < 1.29 is 32.6 Å². The lowest BCUT2D eigenvalue weighted by atomic mass is 9.99. The molecule has 0 spiro atoms. The number of hydrogen-bond acceptors (Lipinski definition) is 5. The van der Waals surface area contributed by atoms with E-state index in [0.29, 0.717) is 6.07 Å². The smallest absolute Gasteiger partial charge is 0.413 e. The summed E-state index contributed by atoms with van der Waals surface area (Å²) in [5.41, 5.74) is -2.17. The third kappa shape index (κ3) is 3.95. The number of hydrogen-bond donors (Lipinski definition) is 0. The second kappa shape index (κ2) is 6.83. The van der Waals surface area contributed by atoms with Crippen LogP contribution in [0.5, 0.6) is 0 Å². The maximum Gasteiger partial charge on any atom is 0.413 e. The first-order valence-electron chi connectivity index (χ1n) is 8.10. The minimum atomic E-state index is -1.29. The van der Waals surface area contributed by atoms with Gasteiger partial charge in [-0.15, -0.1) is 0 Å². The summed E-state index contributed by atoms with van der Waals surface area (Å²) >= 11 is 0. The van der Waals surface area contributed by atoms with Gasteiger partial charge < -0.3 is 14.2 Å². The Morgan fingerprint density at radius 2 is 1.85 bits per heavy atom. The van der Waals surface area contributed by atoms with Gasteiger partial charge in [-0.3, -0.25) is 4.90 Å². The predicted octanol–water partition coefficient (Wildman–Crippen LogP) is 3.55. The molecule has 1 aromatic carbocycles. The molecule has 0 saturated carbocycles. The van der Waals surface area contributed by atoms with Crippen molar-refractivity contribution in [3.05, 3.63) is 35.4 Å². The van der Waals surface area contributed by atoms with Crippen LogP contribution in [0, 0.1) is 11.6 Å². The van der Waals surface area contributed by atoms with Gasteiger partial charge in [-0.25, -0.2) is 18.4 Å². The highest BCUT2D eigenvalue weighted by molar-refractivity contribution is 5.79. The number of rotatable bonds is 2. The molecular weight excluding hydrogens is 348 g/mol. The van der Waals surface area contributed by atoms with Gasteiger partial charge >= 0.3 is 12.1 Å². The van der Waals surface area contributed by atoms with Crippen LogP contribution in [-0.4, -0.2) is 41.5 Å². The molecule has 1 fully saturated rings. The fourth-order valence-electron chi connectivity index (χ4n) is 2.88. The fraction of sp³-hybridized carbons (Fsp3) is 0.556. The monoisotopic (exact) mass is 371 g/mol. The lowest BCUT2D eigenvalue weighted by Crippen LogP contribution is -2.47. The van der Waals surface area contributed by atoms with Gasteiger partial charge in [0.05, 0.1) is 7.11 Å². The Morgan fingerprint density at radius 1 is 1.23 bits per heavy atom. The number of benzene rings is 1. The van der Waals surface area contributed by atoms with E-state index < -0.39 is 47.2 Å². The molecule has 0 radical (unpaired) electrons. The van der Waals surface area contributed by atoms with Crippen molar-refractivity contribution in [3.8, 4) is 0 Å². The van der Waals surface area contributed by atoms with Crippen molar-refractivity contribution in [2.75, 3.05) is 7.11 Å². The van der Waals surface area contributed by atoms with Crippen LogP contribution in [0.1, 0.15) is 46.2 Å². The van der Waals surface area contributed by atoms with Crippen molar-refractivity contribution in [1.29, 1.82) is 0 Å². The molecule has 6 nitrogen and oxygen atoms in total. The van der Waals surface area contributed by atoms with E-state index in [-0.39, 0.29) is 5.56 Å². The summed E-state index contributed by atoms with van der Waals surface area (Å²) in [5, 5.41) is 0. The summed E-state index contributed by atoms with van der Waals surface area (Å²) in [4.78, 5) is 26.1. The molecular formula is C18H23F2NO5. The highest BCUT2D eigenvalue weighted by atomic mass is 19.1. The molecule has 0 aromatic heterocycles. The maximum absolute atomic E-state index is 14.4. The van der Waals surface area contributed by atoms with Crippen molar-refractivity contribution in [1.82, 2.24) is 4.90 Å². The van der Waals surface area contributed by atoms with Gasteiger partial charge in [-0.1, -0.05) is 6.07 Å². The van der Waals surface area contributed by atoms with Gasteiger partial charge in [-0.05, 0) is 40.7 Å². The molecule has 0 bridgehead atoms. The first kappa shape index (κ1) is 20.1. The number of carbonyl (C=O) groups is 2. The molecule has 1 saturated heterocycles. The summed E-state index contributed by atoms with van der Waals surface area (Å²) in [7, 11) is 1.16. The molecule has 1 aliphatic heterocycles. The Labute approximate surface area is 151 Å². The highest BCUT2D eigenvalue weighted by Gasteiger charge is 2.55. The molecule has 144 valence electrons. The minimum absolute atomic E-state index is 0.0711. The van der Waals surface area contributed by atoms with Gasteiger partial charge in [0.25, 0.3) is 0 Å². The number of amides is 1. The summed E-state index contributed by atoms with van der Waals surface area (Å²) in [6.07, 6.45) is -2.08. The molecule has 1 amide bonds. The maximum atomic E-state index is 14.4. The van der Waals surface area contributed by atoms with Gasteiger partial charge in [0, 0.05) is 11.6 Å². The van der Waals surface area contributed by atoms with Crippen LogP contribution >= 0.6 is 0 Å². The van der Waals surface area contributed by atoms with E-state index in [1.165, 1.54) is 6.07 Å². The second-order valence-corrected chi connectivity index (χ2v) is 7.47. The largest absolute Gasteiger partial charge is 0.467 e. The Kier molecular flexibility index (Phi) is 5.28. The molecule has 26 heavy (non-hydrogen) atoms. The van der Waals surface area contributed by atoms with Crippen LogP contribution in [0.4, 0.5) is 13.6 Å². The molecule has 1 heterocycles. The Balaban J connectivity index is 2.56. The topological polar surface area (TPSA) is 65.1 Å². The molecule has 2 rings (SSSR count). The standard InChI is InChI=1S/C18H23F2NO5/c1-17(2,3)26-16(23)21-13(11-8-7-10(19)9-12(11)20)14(15(22)24-6)25-18(21,4)5/h7-9,13-14H,1-6H3/t13-,14+/m0/s1. The first-order chi connectivity index (χ1) is 11.9. The van der Waals surface area contributed by atoms with E-state index in [1.807, 2.05) is 0 Å². The van der Waals surface area contributed by atoms with Crippen LogP contribution in [-0.2, 0) is 19.0 Å². The van der Waals surface area contributed by atoms with Crippen LogP contribution in [0.25, 0.3) is 0 Å². The lowest BCUT2D eigenvalue weighted by Gasteiger charge is -2.35. The van der Waals surface area contributed by atoms with E-state index in [2.05, 4.69) is 0 Å².